The monoisotopic (exact) mass is 438 g/mol. The summed E-state index contributed by atoms with van der Waals surface area (Å²) in [5.74, 6) is 1.09. The quantitative estimate of drug-likeness (QED) is 0.225. The minimum Gasteiger partial charge on any atom is -0.457 e. The third-order valence-electron chi connectivity index (χ3n) is 4.42. The predicted octanol–water partition coefficient (Wildman–Crippen LogP) is 6.41. The molecule has 2 aromatic heterocycles. The number of imidazole rings is 1. The van der Waals surface area contributed by atoms with Gasteiger partial charge in [-0.25, -0.2) is 4.98 Å². The molecule has 0 fully saturated rings. The topological polar surface area (TPSA) is 109 Å². The van der Waals surface area contributed by atoms with E-state index in [9.17, 15) is 15.4 Å². The summed E-state index contributed by atoms with van der Waals surface area (Å²) in [6, 6.07) is 13.7. The zero-order chi connectivity index (χ0) is 21.4. The van der Waals surface area contributed by atoms with Crippen LogP contribution in [0.3, 0.4) is 0 Å². The first-order chi connectivity index (χ1) is 14.4. The van der Waals surface area contributed by atoms with Gasteiger partial charge in [-0.15, -0.1) is 0 Å². The molecule has 0 amide bonds. The Morgan fingerprint density at radius 3 is 2.77 bits per heavy atom. The lowest BCUT2D eigenvalue weighted by Crippen LogP contribution is -1.90. The van der Waals surface area contributed by atoms with Crippen molar-refractivity contribution < 1.29 is 9.34 Å². The number of halogens is 2. The maximum absolute atomic E-state index is 11.1. The van der Waals surface area contributed by atoms with Gasteiger partial charge >= 0.3 is 0 Å². The average Bonchev–Trinajstić information content (AvgIpc) is 3.32. The number of fused-ring (bicyclic) bond motifs is 1. The lowest BCUT2D eigenvalue weighted by Gasteiger charge is -2.02. The summed E-state index contributed by atoms with van der Waals surface area (Å²) in [5.41, 5.74) is 2.97. The second-order valence-corrected chi connectivity index (χ2v) is 7.33. The number of H-pyrrole nitrogens is 1. The van der Waals surface area contributed by atoms with Crippen LogP contribution in [0.4, 0.5) is 5.69 Å². The van der Waals surface area contributed by atoms with Crippen molar-refractivity contribution in [2.75, 3.05) is 0 Å². The van der Waals surface area contributed by atoms with E-state index >= 15 is 0 Å². The van der Waals surface area contributed by atoms with E-state index in [1.165, 1.54) is 18.2 Å². The molecule has 0 atom stereocenters. The van der Waals surface area contributed by atoms with Gasteiger partial charge in [-0.1, -0.05) is 29.3 Å². The predicted molar refractivity (Wildman–Crippen MR) is 115 cm³/mol. The van der Waals surface area contributed by atoms with Gasteiger partial charge in [0.2, 0.25) is 0 Å². The van der Waals surface area contributed by atoms with E-state index in [-0.39, 0.29) is 21.3 Å². The maximum Gasteiger partial charge on any atom is 0.288 e. The number of aromatic amines is 1. The van der Waals surface area contributed by atoms with Crippen LogP contribution in [0, 0.1) is 28.4 Å². The molecule has 0 bridgehead atoms. The summed E-state index contributed by atoms with van der Waals surface area (Å²) >= 11 is 12.1. The SMILES string of the molecule is Cc1ccc2nc(/C(C#N)=C\c3ccc(-c4cc([N+](=O)[O-])c(Cl)cc4Cl)o3)[nH]c2c1. The van der Waals surface area contributed by atoms with Crippen molar-refractivity contribution in [2.45, 2.75) is 6.92 Å². The summed E-state index contributed by atoms with van der Waals surface area (Å²) in [6.07, 6.45) is 1.53. The molecule has 0 spiro atoms. The number of nitrogens with zero attached hydrogens (tertiary/aromatic N) is 3. The highest BCUT2D eigenvalue weighted by atomic mass is 35.5. The Morgan fingerprint density at radius 2 is 2.03 bits per heavy atom. The molecule has 0 aliphatic heterocycles. The fourth-order valence-corrected chi connectivity index (χ4v) is 3.53. The van der Waals surface area contributed by atoms with Crippen molar-refractivity contribution in [2.24, 2.45) is 0 Å². The van der Waals surface area contributed by atoms with Gasteiger partial charge < -0.3 is 9.40 Å². The Morgan fingerprint density at radius 1 is 1.23 bits per heavy atom. The molecule has 2 heterocycles. The lowest BCUT2D eigenvalue weighted by molar-refractivity contribution is -0.384. The average molecular weight is 439 g/mol. The maximum atomic E-state index is 11.1. The summed E-state index contributed by atoms with van der Waals surface area (Å²) in [4.78, 5) is 18.1. The van der Waals surface area contributed by atoms with Gasteiger partial charge in [-0.2, -0.15) is 5.26 Å². The number of nitrogens with one attached hydrogen (secondary N) is 1. The molecule has 4 aromatic rings. The number of furan rings is 1. The molecule has 7 nitrogen and oxygen atoms in total. The smallest absolute Gasteiger partial charge is 0.288 e. The van der Waals surface area contributed by atoms with Crippen LogP contribution in [0.15, 0.2) is 46.9 Å². The highest BCUT2D eigenvalue weighted by Crippen LogP contribution is 2.37. The molecule has 30 heavy (non-hydrogen) atoms. The van der Waals surface area contributed by atoms with Gasteiger partial charge in [-0.3, -0.25) is 10.1 Å². The van der Waals surface area contributed by atoms with Gasteiger partial charge in [0.25, 0.3) is 5.69 Å². The Bertz CT molecular complexity index is 1380. The normalized spacial score (nSPS) is 11.6. The van der Waals surface area contributed by atoms with E-state index in [1.54, 1.807) is 12.1 Å². The Labute approximate surface area is 180 Å². The number of rotatable bonds is 4. The number of aryl methyl sites for hydroxylation is 1. The summed E-state index contributed by atoms with van der Waals surface area (Å²) in [7, 11) is 0. The molecule has 0 aliphatic rings. The van der Waals surface area contributed by atoms with Crippen LogP contribution in [0.2, 0.25) is 10.0 Å². The van der Waals surface area contributed by atoms with E-state index in [0.29, 0.717) is 22.9 Å². The van der Waals surface area contributed by atoms with E-state index in [1.807, 2.05) is 25.1 Å². The molecular weight excluding hydrogens is 427 g/mol. The molecule has 148 valence electrons. The highest BCUT2D eigenvalue weighted by Gasteiger charge is 2.19. The zero-order valence-electron chi connectivity index (χ0n) is 15.4. The van der Waals surface area contributed by atoms with Crippen LogP contribution < -0.4 is 0 Å². The van der Waals surface area contributed by atoms with E-state index in [2.05, 4.69) is 16.0 Å². The van der Waals surface area contributed by atoms with Gasteiger partial charge in [0.15, 0.2) is 0 Å². The summed E-state index contributed by atoms with van der Waals surface area (Å²) in [5, 5.41) is 20.9. The first kappa shape index (κ1) is 19.7. The van der Waals surface area contributed by atoms with Crippen molar-refractivity contribution in [1.29, 1.82) is 5.26 Å². The Kier molecular flexibility index (Phi) is 5.04. The Hall–Kier alpha value is -3.60. The number of nitriles is 1. The molecule has 0 aliphatic carbocycles. The first-order valence-corrected chi connectivity index (χ1v) is 9.43. The molecule has 4 rings (SSSR count). The van der Waals surface area contributed by atoms with Gasteiger partial charge in [0, 0.05) is 17.7 Å². The van der Waals surface area contributed by atoms with Crippen molar-refractivity contribution in [1.82, 2.24) is 9.97 Å². The zero-order valence-corrected chi connectivity index (χ0v) is 17.0. The van der Waals surface area contributed by atoms with Crippen LogP contribution in [-0.2, 0) is 0 Å². The van der Waals surface area contributed by atoms with Crippen molar-refractivity contribution in [3.05, 3.63) is 79.8 Å². The molecule has 2 aromatic carbocycles. The van der Waals surface area contributed by atoms with Crippen LogP contribution in [-0.4, -0.2) is 14.9 Å². The minimum atomic E-state index is -0.594. The number of benzene rings is 2. The molecule has 0 saturated heterocycles. The van der Waals surface area contributed by atoms with Crippen LogP contribution >= 0.6 is 23.2 Å². The lowest BCUT2D eigenvalue weighted by atomic mass is 10.1. The molecule has 0 unspecified atom stereocenters. The fourth-order valence-electron chi connectivity index (χ4n) is 2.99. The number of allylic oxidation sites excluding steroid dienone is 1. The number of nitro groups is 1. The van der Waals surface area contributed by atoms with E-state index in [4.69, 9.17) is 27.6 Å². The number of hydrogen-bond acceptors (Lipinski definition) is 5. The third-order valence-corrected chi connectivity index (χ3v) is 5.04. The second-order valence-electron chi connectivity index (χ2n) is 6.52. The van der Waals surface area contributed by atoms with Gasteiger partial charge in [0.1, 0.15) is 28.4 Å². The largest absolute Gasteiger partial charge is 0.457 e. The van der Waals surface area contributed by atoms with Crippen molar-refractivity contribution in [3.63, 3.8) is 0 Å². The molecule has 0 saturated carbocycles. The molecule has 9 heteroatoms. The fraction of sp³-hybridized carbons (Fsp3) is 0.0476. The third kappa shape index (κ3) is 3.66. The number of hydrogen-bond donors (Lipinski definition) is 1. The standard InChI is InChI=1S/C21H12Cl2N4O3/c1-11-2-4-17-18(6-11)26-21(25-17)12(10-24)7-13-3-5-20(30-13)14-8-19(27(28)29)16(23)9-15(14)22/h2-9H,1H3,(H,25,26)/b12-7-. The second kappa shape index (κ2) is 7.67. The summed E-state index contributed by atoms with van der Waals surface area (Å²) in [6.45, 7) is 1.97. The molecule has 1 N–H and O–H groups in total. The Balaban J connectivity index is 1.72. The number of aromatic nitrogens is 2. The van der Waals surface area contributed by atoms with Gasteiger partial charge in [-0.05, 0) is 42.8 Å². The molecular formula is C21H12Cl2N4O3. The van der Waals surface area contributed by atoms with Gasteiger partial charge in [0.05, 0.1) is 26.6 Å². The van der Waals surface area contributed by atoms with Crippen molar-refractivity contribution in [3.8, 4) is 17.4 Å². The highest BCUT2D eigenvalue weighted by molar-refractivity contribution is 6.37. The first-order valence-electron chi connectivity index (χ1n) is 8.68. The van der Waals surface area contributed by atoms with E-state index < -0.39 is 4.92 Å². The molecule has 0 radical (unpaired) electrons. The minimum absolute atomic E-state index is 0.0627. The van der Waals surface area contributed by atoms with Crippen LogP contribution in [0.1, 0.15) is 17.1 Å². The summed E-state index contributed by atoms with van der Waals surface area (Å²) < 4.78 is 5.75. The van der Waals surface area contributed by atoms with Crippen LogP contribution in [0.25, 0.3) is 34.0 Å². The van der Waals surface area contributed by atoms with Crippen LogP contribution in [0.5, 0.6) is 0 Å². The van der Waals surface area contributed by atoms with Crippen molar-refractivity contribution >= 4 is 51.6 Å². The number of nitro benzene ring substituents is 1. The van der Waals surface area contributed by atoms with E-state index in [0.717, 1.165) is 16.6 Å².